The summed E-state index contributed by atoms with van der Waals surface area (Å²) >= 11 is 1.44. The molecule has 0 N–H and O–H groups in total. The second-order valence-corrected chi connectivity index (χ2v) is 8.23. The minimum atomic E-state index is -4.73. The maximum atomic E-state index is 12.9. The van der Waals surface area contributed by atoms with Crippen molar-refractivity contribution in [3.05, 3.63) is 65.0 Å². The predicted octanol–water partition coefficient (Wildman–Crippen LogP) is 5.84. The number of ether oxygens (including phenoxy) is 2. The van der Waals surface area contributed by atoms with E-state index in [9.17, 15) is 18.0 Å². The van der Waals surface area contributed by atoms with E-state index in [-0.39, 0.29) is 24.3 Å². The van der Waals surface area contributed by atoms with E-state index in [2.05, 4.69) is 9.72 Å². The summed E-state index contributed by atoms with van der Waals surface area (Å²) in [6.07, 6.45) is -2.00. The van der Waals surface area contributed by atoms with E-state index in [0.29, 0.717) is 23.6 Å². The van der Waals surface area contributed by atoms with Gasteiger partial charge in [0.2, 0.25) is 0 Å². The maximum absolute atomic E-state index is 12.9. The first kappa shape index (κ1) is 22.1. The second kappa shape index (κ2) is 9.60. The van der Waals surface area contributed by atoms with Gasteiger partial charge in [-0.3, -0.25) is 4.79 Å². The molecule has 0 saturated carbocycles. The van der Waals surface area contributed by atoms with Crippen LogP contribution < -0.4 is 9.47 Å². The molecule has 1 aliphatic rings. The summed E-state index contributed by atoms with van der Waals surface area (Å²) in [7, 11) is 0. The number of nitrogens with zero attached hydrogens (tertiary/aromatic N) is 2. The Balaban J connectivity index is 1.44. The van der Waals surface area contributed by atoms with Gasteiger partial charge >= 0.3 is 6.36 Å². The molecule has 2 heterocycles. The zero-order chi connectivity index (χ0) is 22.6. The van der Waals surface area contributed by atoms with Crippen LogP contribution in [0.2, 0.25) is 0 Å². The summed E-state index contributed by atoms with van der Waals surface area (Å²) in [5.74, 6) is 0.270. The molecule has 1 saturated heterocycles. The van der Waals surface area contributed by atoms with Crippen LogP contribution >= 0.6 is 11.3 Å². The molecule has 9 heteroatoms. The summed E-state index contributed by atoms with van der Waals surface area (Å²) in [5, 5.41) is 2.66. The van der Waals surface area contributed by atoms with E-state index in [1.165, 1.54) is 35.6 Å². The molecular weight excluding hydrogens is 441 g/mol. The highest BCUT2D eigenvalue weighted by atomic mass is 32.1. The molecule has 0 radical (unpaired) electrons. The van der Waals surface area contributed by atoms with E-state index < -0.39 is 6.36 Å². The standard InChI is InChI=1S/C23H21F3N2O3S/c24-23(25,26)31-18-11-9-16(10-12-18)19-15-32-22(27-19)20-8-4-5-13-28(20)21(29)14-30-17-6-2-1-3-7-17/h1-3,6-7,9-12,15,20H,4-5,8,13-14H2/t20-/m1/s1. The summed E-state index contributed by atoms with van der Waals surface area (Å²) in [5.41, 5.74) is 1.34. The maximum Gasteiger partial charge on any atom is 0.573 e. The molecule has 0 aliphatic carbocycles. The molecular formula is C23H21F3N2O3S. The largest absolute Gasteiger partial charge is 0.573 e. The van der Waals surface area contributed by atoms with Crippen molar-refractivity contribution in [1.29, 1.82) is 0 Å². The molecule has 0 bridgehead atoms. The lowest BCUT2D eigenvalue weighted by molar-refractivity contribution is -0.274. The normalized spacial score (nSPS) is 16.6. The van der Waals surface area contributed by atoms with Crippen LogP contribution in [0.4, 0.5) is 13.2 Å². The van der Waals surface area contributed by atoms with Crippen molar-refractivity contribution >= 4 is 17.2 Å². The monoisotopic (exact) mass is 462 g/mol. The summed E-state index contributed by atoms with van der Waals surface area (Å²) in [4.78, 5) is 19.4. The molecule has 1 amide bonds. The minimum absolute atomic E-state index is 0.0422. The van der Waals surface area contributed by atoms with Crippen molar-refractivity contribution in [2.45, 2.75) is 31.7 Å². The lowest BCUT2D eigenvalue weighted by atomic mass is 10.0. The van der Waals surface area contributed by atoms with E-state index in [0.717, 1.165) is 24.3 Å². The van der Waals surface area contributed by atoms with E-state index in [4.69, 9.17) is 4.74 Å². The number of benzene rings is 2. The molecule has 1 atom stereocenters. The smallest absolute Gasteiger partial charge is 0.484 e. The number of carbonyl (C=O) groups is 1. The number of hydrogen-bond acceptors (Lipinski definition) is 5. The summed E-state index contributed by atoms with van der Waals surface area (Å²) < 4.78 is 46.6. The van der Waals surface area contributed by atoms with E-state index in [1.54, 1.807) is 12.1 Å². The number of aromatic nitrogens is 1. The van der Waals surface area contributed by atoms with E-state index >= 15 is 0 Å². The number of hydrogen-bond donors (Lipinski definition) is 0. The Morgan fingerprint density at radius 1 is 1.06 bits per heavy atom. The number of rotatable bonds is 6. The number of para-hydroxylation sites is 1. The van der Waals surface area contributed by atoms with Gasteiger partial charge in [0, 0.05) is 17.5 Å². The van der Waals surface area contributed by atoms with E-state index in [1.807, 2.05) is 28.5 Å². The molecule has 0 unspecified atom stereocenters. The number of likely N-dealkylation sites (tertiary alicyclic amines) is 1. The molecule has 1 aliphatic heterocycles. The number of thiazole rings is 1. The van der Waals surface area contributed by atoms with Crippen LogP contribution in [0.3, 0.4) is 0 Å². The predicted molar refractivity (Wildman–Crippen MR) is 114 cm³/mol. The van der Waals surface area contributed by atoms with Crippen molar-refractivity contribution in [3.8, 4) is 22.8 Å². The first-order chi connectivity index (χ1) is 15.4. The first-order valence-corrected chi connectivity index (χ1v) is 11.1. The number of halogens is 3. The summed E-state index contributed by atoms with van der Waals surface area (Å²) in [6, 6.07) is 14.7. The first-order valence-electron chi connectivity index (χ1n) is 10.2. The van der Waals surface area contributed by atoms with Crippen molar-refractivity contribution in [2.24, 2.45) is 0 Å². The fourth-order valence-corrected chi connectivity index (χ4v) is 4.61. The van der Waals surface area contributed by atoms with Gasteiger partial charge in [-0.15, -0.1) is 24.5 Å². The Hall–Kier alpha value is -3.07. The molecule has 0 spiro atoms. The molecule has 4 rings (SSSR count). The highest BCUT2D eigenvalue weighted by Gasteiger charge is 2.32. The molecule has 1 fully saturated rings. The van der Waals surface area contributed by atoms with Crippen molar-refractivity contribution in [2.75, 3.05) is 13.2 Å². The lowest BCUT2D eigenvalue weighted by Gasteiger charge is -2.34. The quantitative estimate of drug-likeness (QED) is 0.462. The van der Waals surface area contributed by atoms with Crippen LogP contribution in [-0.4, -0.2) is 35.3 Å². The number of amides is 1. The topological polar surface area (TPSA) is 51.7 Å². The van der Waals surface area contributed by atoms with Crippen LogP contribution in [-0.2, 0) is 4.79 Å². The lowest BCUT2D eigenvalue weighted by Crippen LogP contribution is -2.41. The van der Waals surface area contributed by atoms with Gasteiger partial charge in [-0.1, -0.05) is 18.2 Å². The van der Waals surface area contributed by atoms with Crippen LogP contribution in [0.15, 0.2) is 60.0 Å². The number of piperidine rings is 1. The Labute approximate surface area is 187 Å². The number of alkyl halides is 3. The zero-order valence-corrected chi connectivity index (χ0v) is 17.9. The van der Waals surface area contributed by atoms with Gasteiger partial charge in [0.1, 0.15) is 16.5 Å². The van der Waals surface area contributed by atoms with Crippen LogP contribution in [0.1, 0.15) is 30.3 Å². The van der Waals surface area contributed by atoms with Crippen molar-refractivity contribution < 1.29 is 27.4 Å². The SMILES string of the molecule is O=C(COc1ccccc1)N1CCCC[C@@H]1c1nc(-c2ccc(OC(F)(F)F)cc2)cs1. The average Bonchev–Trinajstić information content (AvgIpc) is 3.28. The molecule has 3 aromatic rings. The molecule has 1 aromatic heterocycles. The highest BCUT2D eigenvalue weighted by molar-refractivity contribution is 7.10. The van der Waals surface area contributed by atoms with Gasteiger partial charge in [-0.2, -0.15) is 0 Å². The fourth-order valence-electron chi connectivity index (χ4n) is 3.63. The molecule has 168 valence electrons. The van der Waals surface area contributed by atoms with Gasteiger partial charge in [0.05, 0.1) is 11.7 Å². The van der Waals surface area contributed by atoms with Crippen molar-refractivity contribution in [1.82, 2.24) is 9.88 Å². The van der Waals surface area contributed by atoms with Crippen molar-refractivity contribution in [3.63, 3.8) is 0 Å². The molecule has 2 aromatic carbocycles. The van der Waals surface area contributed by atoms with Gasteiger partial charge < -0.3 is 14.4 Å². The third-order valence-corrected chi connectivity index (χ3v) is 6.07. The minimum Gasteiger partial charge on any atom is -0.484 e. The highest BCUT2D eigenvalue weighted by Crippen LogP contribution is 2.35. The van der Waals surface area contributed by atoms with Gasteiger partial charge in [0.25, 0.3) is 5.91 Å². The Bertz CT molecular complexity index is 1040. The Morgan fingerprint density at radius 3 is 2.53 bits per heavy atom. The van der Waals surface area contributed by atoms with Gasteiger partial charge in [-0.25, -0.2) is 4.98 Å². The third-order valence-electron chi connectivity index (χ3n) is 5.12. The zero-order valence-electron chi connectivity index (χ0n) is 17.0. The van der Waals surface area contributed by atoms with Gasteiger partial charge in [-0.05, 0) is 55.7 Å². The fraction of sp³-hybridized carbons (Fsp3) is 0.304. The second-order valence-electron chi connectivity index (χ2n) is 7.34. The van der Waals surface area contributed by atoms with Gasteiger partial charge in [0.15, 0.2) is 6.61 Å². The van der Waals surface area contributed by atoms with Crippen LogP contribution in [0.5, 0.6) is 11.5 Å². The Morgan fingerprint density at radius 2 is 1.81 bits per heavy atom. The summed E-state index contributed by atoms with van der Waals surface area (Å²) in [6.45, 7) is 0.597. The van der Waals surface area contributed by atoms with Crippen LogP contribution in [0.25, 0.3) is 11.3 Å². The van der Waals surface area contributed by atoms with Crippen LogP contribution in [0, 0.1) is 0 Å². The average molecular weight is 462 g/mol. The Kier molecular flexibility index (Phi) is 6.64. The molecule has 32 heavy (non-hydrogen) atoms. The number of carbonyl (C=O) groups excluding carboxylic acids is 1. The molecule has 5 nitrogen and oxygen atoms in total. The third kappa shape index (κ3) is 5.59.